The van der Waals surface area contributed by atoms with Crippen molar-refractivity contribution in [2.75, 3.05) is 38.4 Å². The van der Waals surface area contributed by atoms with Crippen molar-refractivity contribution >= 4 is 17.3 Å². The fraction of sp³-hybridized carbons (Fsp3) is 0.316. The van der Waals surface area contributed by atoms with Gasteiger partial charge in [-0.2, -0.15) is 0 Å². The maximum Gasteiger partial charge on any atom is 0.238 e. The van der Waals surface area contributed by atoms with E-state index in [0.717, 1.165) is 35.3 Å². The Morgan fingerprint density at radius 3 is 2.76 bits per heavy atom. The lowest BCUT2D eigenvalue weighted by Crippen LogP contribution is -2.39. The van der Waals surface area contributed by atoms with Gasteiger partial charge >= 0.3 is 0 Å². The highest BCUT2D eigenvalue weighted by molar-refractivity contribution is 5.94. The summed E-state index contributed by atoms with van der Waals surface area (Å²) in [7, 11) is 3.20. The Kier molecular flexibility index (Phi) is 3.77. The lowest BCUT2D eigenvalue weighted by Gasteiger charge is -2.37. The molecule has 2 aromatic carbocycles. The molecule has 0 aromatic heterocycles. The second-order valence-corrected chi connectivity index (χ2v) is 6.35. The van der Waals surface area contributed by atoms with Gasteiger partial charge in [0.1, 0.15) is 0 Å². The van der Waals surface area contributed by atoms with Crippen LogP contribution in [0.3, 0.4) is 0 Å². The van der Waals surface area contributed by atoms with E-state index in [2.05, 4.69) is 16.3 Å². The smallest absolute Gasteiger partial charge is 0.238 e. The van der Waals surface area contributed by atoms with Crippen molar-refractivity contribution in [3.05, 3.63) is 47.0 Å². The highest BCUT2D eigenvalue weighted by atomic mass is 16.5. The first-order valence-electron chi connectivity index (χ1n) is 8.30. The number of hydrogen-bond donors (Lipinski definition) is 2. The Hall–Kier alpha value is -2.73. The average Bonchev–Trinajstić information content (AvgIpc) is 2.76. The molecule has 1 unspecified atom stereocenters. The first-order valence-corrected chi connectivity index (χ1v) is 8.30. The van der Waals surface area contributed by atoms with E-state index in [-0.39, 0.29) is 11.9 Å². The van der Waals surface area contributed by atoms with Crippen molar-refractivity contribution < 1.29 is 14.3 Å². The molecule has 0 fully saturated rings. The number of nitrogens with one attached hydrogen (secondary N) is 1. The summed E-state index contributed by atoms with van der Waals surface area (Å²) in [4.78, 5) is 14.5. The number of nitrogen functional groups attached to an aromatic ring is 1. The Labute approximate surface area is 146 Å². The number of carbonyl (C=O) groups excluding carboxylic acids is 1. The number of methoxy groups -OCH3 is 2. The van der Waals surface area contributed by atoms with Crippen LogP contribution in [0.25, 0.3) is 0 Å². The summed E-state index contributed by atoms with van der Waals surface area (Å²) in [5.74, 6) is 1.19. The first kappa shape index (κ1) is 15.8. The number of carbonyl (C=O) groups is 1. The number of amides is 1. The molecule has 0 saturated heterocycles. The quantitative estimate of drug-likeness (QED) is 0.820. The molecule has 0 radical (unpaired) electrons. The maximum atomic E-state index is 12.3. The van der Waals surface area contributed by atoms with Gasteiger partial charge in [0, 0.05) is 12.2 Å². The highest BCUT2D eigenvalue weighted by Crippen LogP contribution is 2.47. The molecule has 6 nitrogen and oxygen atoms in total. The fourth-order valence-corrected chi connectivity index (χ4v) is 3.94. The lowest BCUT2D eigenvalue weighted by molar-refractivity contribution is -0.117. The molecular weight excluding hydrogens is 318 g/mol. The molecule has 2 aromatic rings. The number of nitrogens with zero attached hydrogens (tertiary/aromatic N) is 1. The third-order valence-electron chi connectivity index (χ3n) is 5.04. The number of ether oxygens (including phenoxy) is 2. The van der Waals surface area contributed by atoms with Gasteiger partial charge in [-0.25, -0.2) is 0 Å². The molecule has 1 atom stereocenters. The second-order valence-electron chi connectivity index (χ2n) is 6.35. The number of anilines is 2. The monoisotopic (exact) mass is 339 g/mol. The molecule has 2 aliphatic rings. The van der Waals surface area contributed by atoms with E-state index >= 15 is 0 Å². The normalized spacial score (nSPS) is 19.1. The van der Waals surface area contributed by atoms with Gasteiger partial charge in [-0.15, -0.1) is 0 Å². The van der Waals surface area contributed by atoms with E-state index < -0.39 is 0 Å². The van der Waals surface area contributed by atoms with E-state index in [4.69, 9.17) is 15.2 Å². The third-order valence-corrected chi connectivity index (χ3v) is 5.04. The van der Waals surface area contributed by atoms with Crippen LogP contribution in [0.5, 0.6) is 11.5 Å². The van der Waals surface area contributed by atoms with Crippen LogP contribution in [-0.2, 0) is 11.2 Å². The molecule has 2 aliphatic heterocycles. The van der Waals surface area contributed by atoms with Crippen LogP contribution in [0.1, 0.15) is 22.7 Å². The summed E-state index contributed by atoms with van der Waals surface area (Å²) in [6.45, 7) is 1.12. The van der Waals surface area contributed by atoms with Crippen LogP contribution >= 0.6 is 0 Å². The third kappa shape index (κ3) is 2.41. The van der Waals surface area contributed by atoms with Gasteiger partial charge in [0.15, 0.2) is 11.5 Å². The summed E-state index contributed by atoms with van der Waals surface area (Å²) in [5.41, 5.74) is 11.1. The average molecular weight is 339 g/mol. The summed E-state index contributed by atoms with van der Waals surface area (Å²) in [6, 6.07) is 9.87. The minimum atomic E-state index is -0.0407. The fourth-order valence-electron chi connectivity index (χ4n) is 3.94. The van der Waals surface area contributed by atoms with Crippen molar-refractivity contribution in [2.45, 2.75) is 12.5 Å². The SMILES string of the molecule is COc1cc2c(c(N)c1OC)CCN1CC(=O)Nc3ccccc3C21. The molecule has 0 spiro atoms. The molecular formula is C19H21N3O3. The summed E-state index contributed by atoms with van der Waals surface area (Å²) >= 11 is 0. The van der Waals surface area contributed by atoms with Crippen LogP contribution in [0, 0.1) is 0 Å². The molecule has 3 N–H and O–H groups in total. The van der Waals surface area contributed by atoms with E-state index in [1.54, 1.807) is 14.2 Å². The van der Waals surface area contributed by atoms with Gasteiger partial charge in [-0.1, -0.05) is 18.2 Å². The zero-order chi connectivity index (χ0) is 17.6. The van der Waals surface area contributed by atoms with Crippen molar-refractivity contribution in [1.29, 1.82) is 0 Å². The molecule has 0 saturated carbocycles. The predicted octanol–water partition coefficient (Wildman–Crippen LogP) is 2.19. The predicted molar refractivity (Wildman–Crippen MR) is 96.2 cm³/mol. The van der Waals surface area contributed by atoms with Gasteiger partial charge in [-0.3, -0.25) is 9.69 Å². The number of fused-ring (bicyclic) bond motifs is 5. The van der Waals surface area contributed by atoms with E-state index in [0.29, 0.717) is 23.7 Å². The Balaban J connectivity index is 1.96. The number of benzene rings is 2. The molecule has 130 valence electrons. The van der Waals surface area contributed by atoms with Crippen molar-refractivity contribution in [3.8, 4) is 11.5 Å². The van der Waals surface area contributed by atoms with Crippen molar-refractivity contribution in [2.24, 2.45) is 0 Å². The number of para-hydroxylation sites is 1. The number of rotatable bonds is 2. The minimum Gasteiger partial charge on any atom is -0.493 e. The van der Waals surface area contributed by atoms with Crippen LogP contribution in [0.15, 0.2) is 30.3 Å². The van der Waals surface area contributed by atoms with Crippen LogP contribution in [0.2, 0.25) is 0 Å². The topological polar surface area (TPSA) is 76.8 Å². The maximum absolute atomic E-state index is 12.3. The molecule has 6 heteroatoms. The van der Waals surface area contributed by atoms with E-state index in [9.17, 15) is 4.79 Å². The first-order chi connectivity index (χ1) is 12.1. The summed E-state index contributed by atoms with van der Waals surface area (Å²) in [6.07, 6.45) is 0.771. The van der Waals surface area contributed by atoms with Gasteiger partial charge < -0.3 is 20.5 Å². The molecule has 0 aliphatic carbocycles. The molecule has 2 heterocycles. The van der Waals surface area contributed by atoms with Crippen LogP contribution < -0.4 is 20.5 Å². The molecule has 0 bridgehead atoms. The largest absolute Gasteiger partial charge is 0.493 e. The number of hydrogen-bond acceptors (Lipinski definition) is 5. The summed E-state index contributed by atoms with van der Waals surface area (Å²) in [5, 5.41) is 3.01. The van der Waals surface area contributed by atoms with Crippen LogP contribution in [0.4, 0.5) is 11.4 Å². The second kappa shape index (κ2) is 5.97. The van der Waals surface area contributed by atoms with E-state index in [1.807, 2.05) is 24.3 Å². The Bertz CT molecular complexity index is 850. The molecule has 25 heavy (non-hydrogen) atoms. The van der Waals surface area contributed by atoms with Gasteiger partial charge in [0.05, 0.1) is 32.5 Å². The van der Waals surface area contributed by atoms with Crippen molar-refractivity contribution in [1.82, 2.24) is 4.90 Å². The molecule has 1 amide bonds. The zero-order valence-corrected chi connectivity index (χ0v) is 14.3. The van der Waals surface area contributed by atoms with Gasteiger partial charge in [0.2, 0.25) is 5.91 Å². The summed E-state index contributed by atoms with van der Waals surface area (Å²) < 4.78 is 10.9. The zero-order valence-electron chi connectivity index (χ0n) is 14.3. The Morgan fingerprint density at radius 1 is 1.20 bits per heavy atom. The Morgan fingerprint density at radius 2 is 2.00 bits per heavy atom. The van der Waals surface area contributed by atoms with E-state index in [1.165, 1.54) is 0 Å². The lowest BCUT2D eigenvalue weighted by atomic mass is 9.86. The number of nitrogens with two attached hydrogens (primary N) is 1. The van der Waals surface area contributed by atoms with Gasteiger partial charge in [-0.05, 0) is 35.2 Å². The highest BCUT2D eigenvalue weighted by Gasteiger charge is 2.36. The van der Waals surface area contributed by atoms with Crippen LogP contribution in [-0.4, -0.2) is 38.1 Å². The van der Waals surface area contributed by atoms with Crippen molar-refractivity contribution in [3.63, 3.8) is 0 Å². The van der Waals surface area contributed by atoms with Gasteiger partial charge in [0.25, 0.3) is 0 Å². The minimum absolute atomic E-state index is 0.00634. The molecule has 4 rings (SSSR count). The standard InChI is InChI=1S/C19H21N3O3/c1-24-15-9-13-11(17(20)19(15)25-2)7-8-22-10-16(23)21-14-6-4-3-5-12(14)18(13)22/h3-6,9,18H,7-8,10,20H2,1-2H3,(H,21,23).